The van der Waals surface area contributed by atoms with E-state index in [1.165, 1.54) is 35.2 Å². The lowest BCUT2D eigenvalue weighted by atomic mass is 10.3. The number of hydrogen-bond acceptors (Lipinski definition) is 5. The zero-order chi connectivity index (χ0) is 22.6. The number of carbonyl (C=O) groups excluding carboxylic acids is 1. The quantitative estimate of drug-likeness (QED) is 0.650. The molecule has 31 heavy (non-hydrogen) atoms. The lowest BCUT2D eigenvalue weighted by molar-refractivity contribution is -0.132. The number of amides is 1. The standard InChI is InChI=1S/C19H21F2N3O5S2/c20-15-5-1-3-7-17(15)30(26,27)22-10-9-19(25)23-11-13-24(14-12-23)31(28,29)18-8-4-2-6-16(18)21/h1-8,22H,9-14H2. The number of nitrogens with zero attached hydrogens (tertiary/aromatic N) is 2. The van der Waals surface area contributed by atoms with Crippen molar-refractivity contribution >= 4 is 26.0 Å². The van der Waals surface area contributed by atoms with E-state index < -0.39 is 41.5 Å². The highest BCUT2D eigenvalue weighted by Gasteiger charge is 2.31. The van der Waals surface area contributed by atoms with E-state index in [1.54, 1.807) is 0 Å². The van der Waals surface area contributed by atoms with Crippen molar-refractivity contribution in [2.45, 2.75) is 16.2 Å². The first-order chi connectivity index (χ1) is 14.6. The van der Waals surface area contributed by atoms with Crippen LogP contribution in [0.1, 0.15) is 6.42 Å². The molecule has 1 aliphatic rings. The van der Waals surface area contributed by atoms with Gasteiger partial charge in [-0.3, -0.25) is 4.79 Å². The van der Waals surface area contributed by atoms with Crippen LogP contribution in [0.5, 0.6) is 0 Å². The molecule has 12 heteroatoms. The molecule has 1 saturated heterocycles. The van der Waals surface area contributed by atoms with Gasteiger partial charge in [-0.25, -0.2) is 30.3 Å². The summed E-state index contributed by atoms with van der Waals surface area (Å²) in [4.78, 5) is 12.8. The highest BCUT2D eigenvalue weighted by Crippen LogP contribution is 2.20. The Hall–Kier alpha value is -2.41. The molecule has 0 bridgehead atoms. The molecule has 0 spiro atoms. The first-order valence-corrected chi connectivity index (χ1v) is 12.3. The van der Waals surface area contributed by atoms with Crippen molar-refractivity contribution in [3.8, 4) is 0 Å². The van der Waals surface area contributed by atoms with E-state index in [4.69, 9.17) is 0 Å². The third kappa shape index (κ3) is 5.26. The molecule has 1 aliphatic heterocycles. The maximum Gasteiger partial charge on any atom is 0.246 e. The van der Waals surface area contributed by atoms with Crippen LogP contribution < -0.4 is 4.72 Å². The van der Waals surface area contributed by atoms with Gasteiger partial charge >= 0.3 is 0 Å². The summed E-state index contributed by atoms with van der Waals surface area (Å²) in [5.74, 6) is -2.11. The number of piperazine rings is 1. The van der Waals surface area contributed by atoms with Crippen LogP contribution in [0.3, 0.4) is 0 Å². The van der Waals surface area contributed by atoms with Crippen LogP contribution in [-0.4, -0.2) is 64.7 Å². The Kier molecular flexibility index (Phi) is 7.04. The summed E-state index contributed by atoms with van der Waals surface area (Å²) in [6.07, 6.45) is -0.173. The summed E-state index contributed by atoms with van der Waals surface area (Å²) < 4.78 is 80.3. The molecule has 1 fully saturated rings. The fourth-order valence-electron chi connectivity index (χ4n) is 3.16. The Morgan fingerprint density at radius 3 is 1.90 bits per heavy atom. The smallest absolute Gasteiger partial charge is 0.246 e. The Labute approximate surface area is 179 Å². The minimum absolute atomic E-state index is 0.0106. The minimum atomic E-state index is -4.10. The van der Waals surface area contributed by atoms with Gasteiger partial charge in [0.1, 0.15) is 21.4 Å². The normalized spacial score (nSPS) is 15.7. The Bertz CT molecular complexity index is 1160. The summed E-state index contributed by atoms with van der Waals surface area (Å²) >= 11 is 0. The number of rotatable bonds is 7. The van der Waals surface area contributed by atoms with Crippen LogP contribution in [-0.2, 0) is 24.8 Å². The molecule has 3 rings (SSSR count). The molecule has 0 radical (unpaired) electrons. The van der Waals surface area contributed by atoms with Crippen molar-refractivity contribution in [3.63, 3.8) is 0 Å². The van der Waals surface area contributed by atoms with Gasteiger partial charge in [0.15, 0.2) is 0 Å². The van der Waals surface area contributed by atoms with Crippen molar-refractivity contribution in [3.05, 3.63) is 60.2 Å². The molecule has 0 aliphatic carbocycles. The molecule has 0 unspecified atom stereocenters. The third-order valence-corrected chi connectivity index (χ3v) is 8.23. The fourth-order valence-corrected chi connectivity index (χ4v) is 5.76. The molecular formula is C19H21F2N3O5S2. The number of halogens is 2. The van der Waals surface area contributed by atoms with Gasteiger partial charge in [-0.2, -0.15) is 4.31 Å². The summed E-state index contributed by atoms with van der Waals surface area (Å²) in [6.45, 7) is -0.0743. The predicted octanol–water partition coefficient (Wildman–Crippen LogP) is 1.17. The van der Waals surface area contributed by atoms with Gasteiger partial charge in [-0.05, 0) is 24.3 Å². The van der Waals surface area contributed by atoms with Crippen LogP contribution in [0.4, 0.5) is 8.78 Å². The van der Waals surface area contributed by atoms with Gasteiger partial charge in [0.25, 0.3) is 0 Å². The van der Waals surface area contributed by atoms with Gasteiger partial charge < -0.3 is 4.90 Å². The van der Waals surface area contributed by atoms with Gasteiger partial charge in [0, 0.05) is 39.1 Å². The van der Waals surface area contributed by atoms with Crippen LogP contribution in [0.25, 0.3) is 0 Å². The number of sulfonamides is 2. The topological polar surface area (TPSA) is 104 Å². The summed E-state index contributed by atoms with van der Waals surface area (Å²) in [7, 11) is -8.12. The monoisotopic (exact) mass is 473 g/mol. The second-order valence-electron chi connectivity index (χ2n) is 6.79. The first-order valence-electron chi connectivity index (χ1n) is 9.39. The van der Waals surface area contributed by atoms with Crippen LogP contribution in [0.2, 0.25) is 0 Å². The van der Waals surface area contributed by atoms with E-state index in [-0.39, 0.29) is 45.1 Å². The predicted molar refractivity (Wildman–Crippen MR) is 108 cm³/mol. The molecule has 8 nitrogen and oxygen atoms in total. The fraction of sp³-hybridized carbons (Fsp3) is 0.316. The second kappa shape index (κ2) is 9.39. The van der Waals surface area contributed by atoms with Crippen LogP contribution in [0, 0.1) is 11.6 Å². The zero-order valence-corrected chi connectivity index (χ0v) is 18.0. The third-order valence-electron chi connectivity index (χ3n) is 4.80. The zero-order valence-electron chi connectivity index (χ0n) is 16.4. The van der Waals surface area contributed by atoms with E-state index in [2.05, 4.69) is 4.72 Å². The number of carbonyl (C=O) groups is 1. The lowest BCUT2D eigenvalue weighted by Gasteiger charge is -2.34. The molecule has 2 aromatic carbocycles. The van der Waals surface area contributed by atoms with E-state index in [0.717, 1.165) is 22.5 Å². The molecule has 2 aromatic rings. The van der Waals surface area contributed by atoms with Gasteiger partial charge in [-0.1, -0.05) is 24.3 Å². The van der Waals surface area contributed by atoms with Crippen molar-refractivity contribution < 1.29 is 30.4 Å². The molecule has 0 aromatic heterocycles. The van der Waals surface area contributed by atoms with Crippen molar-refractivity contribution in [1.82, 2.24) is 13.9 Å². The van der Waals surface area contributed by atoms with E-state index in [9.17, 15) is 30.4 Å². The molecule has 0 saturated carbocycles. The SMILES string of the molecule is O=C(CCNS(=O)(=O)c1ccccc1F)N1CCN(S(=O)(=O)c2ccccc2F)CC1. The highest BCUT2D eigenvalue weighted by atomic mass is 32.2. The summed E-state index contributed by atoms with van der Waals surface area (Å²) in [6, 6.07) is 9.97. The molecule has 1 heterocycles. The molecule has 0 atom stereocenters. The van der Waals surface area contributed by atoms with Crippen molar-refractivity contribution in [2.24, 2.45) is 0 Å². The minimum Gasteiger partial charge on any atom is -0.340 e. The maximum atomic E-state index is 13.9. The lowest BCUT2D eigenvalue weighted by Crippen LogP contribution is -2.51. The molecule has 168 valence electrons. The Morgan fingerprint density at radius 1 is 0.839 bits per heavy atom. The Morgan fingerprint density at radius 2 is 1.35 bits per heavy atom. The largest absolute Gasteiger partial charge is 0.340 e. The highest BCUT2D eigenvalue weighted by molar-refractivity contribution is 7.89. The summed E-state index contributed by atoms with van der Waals surface area (Å²) in [5.41, 5.74) is 0. The van der Waals surface area contributed by atoms with E-state index >= 15 is 0 Å². The second-order valence-corrected chi connectivity index (χ2v) is 10.4. The average Bonchev–Trinajstić information content (AvgIpc) is 2.74. The maximum absolute atomic E-state index is 13.9. The number of nitrogens with one attached hydrogen (secondary N) is 1. The van der Waals surface area contributed by atoms with E-state index in [0.29, 0.717) is 0 Å². The van der Waals surface area contributed by atoms with Crippen LogP contribution >= 0.6 is 0 Å². The van der Waals surface area contributed by atoms with Crippen molar-refractivity contribution in [1.29, 1.82) is 0 Å². The van der Waals surface area contributed by atoms with E-state index in [1.807, 2.05) is 0 Å². The Balaban J connectivity index is 1.53. The van der Waals surface area contributed by atoms with Gasteiger partial charge in [0.2, 0.25) is 26.0 Å². The number of benzene rings is 2. The average molecular weight is 474 g/mol. The van der Waals surface area contributed by atoms with Gasteiger partial charge in [0.05, 0.1) is 0 Å². The van der Waals surface area contributed by atoms with Crippen molar-refractivity contribution in [2.75, 3.05) is 32.7 Å². The molecular weight excluding hydrogens is 452 g/mol. The van der Waals surface area contributed by atoms with Gasteiger partial charge in [-0.15, -0.1) is 0 Å². The number of hydrogen-bond donors (Lipinski definition) is 1. The first kappa shape index (κ1) is 23.3. The molecule has 1 N–H and O–H groups in total. The van der Waals surface area contributed by atoms with Crippen LogP contribution in [0.15, 0.2) is 58.3 Å². The summed E-state index contributed by atoms with van der Waals surface area (Å²) in [5, 5.41) is 0. The molecule has 1 amide bonds.